The van der Waals surface area contributed by atoms with E-state index in [1.807, 2.05) is 36.7 Å². The summed E-state index contributed by atoms with van der Waals surface area (Å²) in [4.78, 5) is 4.01. The third-order valence-corrected chi connectivity index (χ3v) is 6.10. The van der Waals surface area contributed by atoms with Gasteiger partial charge in [0.05, 0.1) is 0 Å². The molecule has 0 amide bonds. The second kappa shape index (κ2) is 7.85. The summed E-state index contributed by atoms with van der Waals surface area (Å²) >= 11 is 6.09. The van der Waals surface area contributed by atoms with E-state index in [0.29, 0.717) is 0 Å². The average molecular weight is 396 g/mol. The number of fused-ring (bicyclic) bond motifs is 6. The van der Waals surface area contributed by atoms with Crippen LogP contribution in [-0.4, -0.2) is 4.98 Å². The highest BCUT2D eigenvalue weighted by atomic mass is 35.5. The lowest BCUT2D eigenvalue weighted by Crippen LogP contribution is -2.03. The standard InChI is InChI=1S/C18H15Cl.C9H7N/c19-14-7-10-16-13(11-14)6-9-17-15-4-2-1-3-12(15)5-8-18(16)17;1-2-4-9-7-10-6-5-8(9)3-1/h5-11H,1-4H2;1-7H. The van der Waals surface area contributed by atoms with Gasteiger partial charge >= 0.3 is 0 Å². The molecule has 1 aromatic heterocycles. The van der Waals surface area contributed by atoms with Crippen molar-refractivity contribution in [3.63, 3.8) is 0 Å². The van der Waals surface area contributed by atoms with Crippen molar-refractivity contribution in [3.05, 3.63) is 101 Å². The molecule has 5 aromatic rings. The predicted octanol–water partition coefficient (Wildman–Crippen LogP) is 7.76. The summed E-state index contributed by atoms with van der Waals surface area (Å²) < 4.78 is 0. The highest BCUT2D eigenvalue weighted by molar-refractivity contribution is 6.31. The number of hydrogen-bond donors (Lipinski definition) is 0. The van der Waals surface area contributed by atoms with Crippen LogP contribution < -0.4 is 0 Å². The van der Waals surface area contributed by atoms with Crippen molar-refractivity contribution in [2.24, 2.45) is 0 Å². The van der Waals surface area contributed by atoms with Gasteiger partial charge in [0.15, 0.2) is 0 Å². The molecule has 6 rings (SSSR count). The highest BCUT2D eigenvalue weighted by Crippen LogP contribution is 2.34. The van der Waals surface area contributed by atoms with Gasteiger partial charge in [0.2, 0.25) is 0 Å². The van der Waals surface area contributed by atoms with Crippen LogP contribution in [-0.2, 0) is 12.8 Å². The molecule has 0 spiro atoms. The summed E-state index contributed by atoms with van der Waals surface area (Å²) in [6, 6.07) is 25.5. The molecule has 0 N–H and O–H groups in total. The van der Waals surface area contributed by atoms with E-state index in [9.17, 15) is 0 Å². The molecule has 0 aliphatic heterocycles. The Balaban J connectivity index is 0.000000153. The zero-order chi connectivity index (χ0) is 19.6. The van der Waals surface area contributed by atoms with Crippen molar-refractivity contribution in [1.29, 1.82) is 0 Å². The zero-order valence-corrected chi connectivity index (χ0v) is 17.0. The maximum absolute atomic E-state index is 6.09. The monoisotopic (exact) mass is 395 g/mol. The van der Waals surface area contributed by atoms with Crippen LogP contribution in [0.2, 0.25) is 5.02 Å². The Hall–Kier alpha value is -2.90. The minimum atomic E-state index is 0.810. The van der Waals surface area contributed by atoms with Crippen molar-refractivity contribution in [2.75, 3.05) is 0 Å². The molecule has 0 fully saturated rings. The topological polar surface area (TPSA) is 12.9 Å². The zero-order valence-electron chi connectivity index (χ0n) is 16.2. The Morgan fingerprint density at radius 3 is 2.34 bits per heavy atom. The molecule has 4 aromatic carbocycles. The van der Waals surface area contributed by atoms with Crippen molar-refractivity contribution in [3.8, 4) is 0 Å². The van der Waals surface area contributed by atoms with E-state index in [1.54, 1.807) is 11.1 Å². The van der Waals surface area contributed by atoms with Gasteiger partial charge in [-0.15, -0.1) is 0 Å². The first kappa shape index (κ1) is 18.1. The van der Waals surface area contributed by atoms with Gasteiger partial charge in [-0.25, -0.2) is 0 Å². The van der Waals surface area contributed by atoms with Gasteiger partial charge < -0.3 is 0 Å². The first-order valence-electron chi connectivity index (χ1n) is 10.2. The second-order valence-corrected chi connectivity index (χ2v) is 8.10. The van der Waals surface area contributed by atoms with Crippen LogP contribution in [0.4, 0.5) is 0 Å². The van der Waals surface area contributed by atoms with Crippen LogP contribution >= 0.6 is 11.6 Å². The summed E-state index contributed by atoms with van der Waals surface area (Å²) in [5.74, 6) is 0. The third-order valence-electron chi connectivity index (χ3n) is 5.86. The maximum Gasteiger partial charge on any atom is 0.0412 e. The molecule has 1 aliphatic carbocycles. The number of benzene rings is 4. The molecular formula is C27H22ClN. The van der Waals surface area contributed by atoms with Crippen molar-refractivity contribution in [2.45, 2.75) is 25.7 Å². The summed E-state index contributed by atoms with van der Waals surface area (Å²) in [5, 5.41) is 8.61. The number of rotatable bonds is 0. The van der Waals surface area contributed by atoms with E-state index >= 15 is 0 Å². The van der Waals surface area contributed by atoms with Gasteiger partial charge in [-0.2, -0.15) is 0 Å². The van der Waals surface area contributed by atoms with Crippen molar-refractivity contribution >= 4 is 43.9 Å². The highest BCUT2D eigenvalue weighted by Gasteiger charge is 2.13. The smallest absolute Gasteiger partial charge is 0.0412 e. The minimum absolute atomic E-state index is 0.810. The Morgan fingerprint density at radius 2 is 1.45 bits per heavy atom. The first-order valence-corrected chi connectivity index (χ1v) is 10.6. The first-order chi connectivity index (χ1) is 14.3. The number of halogens is 1. The number of aryl methyl sites for hydroxylation is 2. The second-order valence-electron chi connectivity index (χ2n) is 7.66. The van der Waals surface area contributed by atoms with E-state index < -0.39 is 0 Å². The maximum atomic E-state index is 6.09. The minimum Gasteiger partial charge on any atom is -0.264 e. The molecule has 1 aliphatic rings. The molecule has 0 atom stereocenters. The number of nitrogens with zero attached hydrogens (tertiary/aromatic N) is 1. The van der Waals surface area contributed by atoms with Gasteiger partial charge in [-0.05, 0) is 87.3 Å². The lowest BCUT2D eigenvalue weighted by Gasteiger charge is -2.18. The average Bonchev–Trinajstić information content (AvgIpc) is 2.79. The Morgan fingerprint density at radius 1 is 0.655 bits per heavy atom. The van der Waals surface area contributed by atoms with Crippen LogP contribution in [0.15, 0.2) is 85.2 Å². The van der Waals surface area contributed by atoms with Crippen LogP contribution in [0, 0.1) is 0 Å². The van der Waals surface area contributed by atoms with Crippen LogP contribution in [0.5, 0.6) is 0 Å². The molecule has 0 unspecified atom stereocenters. The van der Waals surface area contributed by atoms with E-state index in [0.717, 1.165) is 5.02 Å². The van der Waals surface area contributed by atoms with Crippen molar-refractivity contribution in [1.82, 2.24) is 4.98 Å². The molecular weight excluding hydrogens is 374 g/mol. The molecule has 0 radical (unpaired) electrons. The normalized spacial score (nSPS) is 13.1. The van der Waals surface area contributed by atoms with Crippen LogP contribution in [0.1, 0.15) is 24.0 Å². The van der Waals surface area contributed by atoms with Gasteiger partial charge in [-0.1, -0.05) is 66.2 Å². The quantitative estimate of drug-likeness (QED) is 0.244. The summed E-state index contributed by atoms with van der Waals surface area (Å²) in [6.07, 6.45) is 8.81. The predicted molar refractivity (Wildman–Crippen MR) is 125 cm³/mol. The molecule has 142 valence electrons. The Kier molecular flexibility index (Phi) is 4.91. The van der Waals surface area contributed by atoms with E-state index in [2.05, 4.69) is 53.5 Å². The van der Waals surface area contributed by atoms with Crippen LogP contribution in [0.3, 0.4) is 0 Å². The van der Waals surface area contributed by atoms with E-state index in [-0.39, 0.29) is 0 Å². The molecule has 1 heterocycles. The fourth-order valence-electron chi connectivity index (χ4n) is 4.40. The van der Waals surface area contributed by atoms with Crippen molar-refractivity contribution < 1.29 is 0 Å². The largest absolute Gasteiger partial charge is 0.264 e. The molecule has 2 heteroatoms. The third kappa shape index (κ3) is 3.59. The Labute approximate surface area is 176 Å². The Bertz CT molecular complexity index is 1260. The molecule has 1 nitrogen and oxygen atoms in total. The van der Waals surface area contributed by atoms with Gasteiger partial charge in [0.1, 0.15) is 0 Å². The van der Waals surface area contributed by atoms with Gasteiger partial charge in [-0.3, -0.25) is 4.98 Å². The van der Waals surface area contributed by atoms with E-state index in [1.165, 1.54) is 58.0 Å². The summed E-state index contributed by atoms with van der Waals surface area (Å²) in [6.45, 7) is 0. The fourth-order valence-corrected chi connectivity index (χ4v) is 4.58. The lowest BCUT2D eigenvalue weighted by atomic mass is 9.86. The summed E-state index contributed by atoms with van der Waals surface area (Å²) in [5.41, 5.74) is 3.12. The SMILES string of the molecule is Clc1ccc2c(ccc3c4c(ccc32)CCCC4)c1.c1ccc2cnccc2c1. The molecule has 29 heavy (non-hydrogen) atoms. The number of hydrogen-bond acceptors (Lipinski definition) is 1. The number of pyridine rings is 1. The molecule has 0 bridgehead atoms. The number of aromatic nitrogens is 1. The van der Waals surface area contributed by atoms with Gasteiger partial charge in [0, 0.05) is 17.4 Å². The van der Waals surface area contributed by atoms with Crippen LogP contribution in [0.25, 0.3) is 32.3 Å². The van der Waals surface area contributed by atoms with E-state index in [4.69, 9.17) is 11.6 Å². The molecule has 0 saturated carbocycles. The lowest BCUT2D eigenvalue weighted by molar-refractivity contribution is 0.690. The van der Waals surface area contributed by atoms with Gasteiger partial charge in [0.25, 0.3) is 0 Å². The fraction of sp³-hybridized carbons (Fsp3) is 0.148. The molecule has 0 saturated heterocycles. The summed E-state index contributed by atoms with van der Waals surface area (Å²) in [7, 11) is 0.